The lowest BCUT2D eigenvalue weighted by atomic mass is 9.60. The molecule has 0 atom stereocenters. The third kappa shape index (κ3) is 2.86. The number of hydrogen-bond donors (Lipinski definition) is 0. The van der Waals surface area contributed by atoms with Crippen molar-refractivity contribution < 1.29 is 9.31 Å². The van der Waals surface area contributed by atoms with Gasteiger partial charge in [0.25, 0.3) is 0 Å². The number of aromatic nitrogens is 1. The summed E-state index contributed by atoms with van der Waals surface area (Å²) in [4.78, 5) is 0. The molecule has 31 heavy (non-hydrogen) atoms. The van der Waals surface area contributed by atoms with E-state index in [2.05, 4.69) is 110 Å². The van der Waals surface area contributed by atoms with Gasteiger partial charge in [-0.1, -0.05) is 52.8 Å². The summed E-state index contributed by atoms with van der Waals surface area (Å²) in [6, 6.07) is 19.3. The Morgan fingerprint density at radius 2 is 1.32 bits per heavy atom. The van der Waals surface area contributed by atoms with Crippen molar-refractivity contribution in [2.24, 2.45) is 0 Å². The molecule has 0 radical (unpaired) electrons. The first-order chi connectivity index (χ1) is 14.6. The Bertz CT molecular complexity index is 1310. The van der Waals surface area contributed by atoms with Gasteiger partial charge in [-0.3, -0.25) is 0 Å². The van der Waals surface area contributed by atoms with Crippen molar-refractivity contribution in [2.45, 2.75) is 38.9 Å². The molecule has 1 aliphatic rings. The minimum atomic E-state index is -0.369. The highest BCUT2D eigenvalue weighted by Gasteiger charge is 2.52. The van der Waals surface area contributed by atoms with E-state index in [1.54, 1.807) is 0 Å². The first kappa shape index (κ1) is 20.5. The summed E-state index contributed by atoms with van der Waals surface area (Å²) in [5, 5.41) is 2.55. The monoisotopic (exact) mass is 405 g/mol. The Labute approximate surface area is 187 Å². The zero-order valence-electron chi connectivity index (χ0n) is 19.5. The fourth-order valence-corrected chi connectivity index (χ4v) is 4.93. The van der Waals surface area contributed by atoms with Gasteiger partial charge in [0.15, 0.2) is 0 Å². The lowest BCUT2D eigenvalue weighted by Gasteiger charge is -2.32. The summed E-state index contributed by atoms with van der Waals surface area (Å²) in [7, 11) is 6.28. The third-order valence-electron chi connectivity index (χ3n) is 7.48. The highest BCUT2D eigenvalue weighted by molar-refractivity contribution is 6.77. The van der Waals surface area contributed by atoms with Gasteiger partial charge >= 0.3 is 7.12 Å². The van der Waals surface area contributed by atoms with Crippen LogP contribution in [0.2, 0.25) is 0 Å². The van der Waals surface area contributed by atoms with Crippen LogP contribution in [0.25, 0.3) is 27.5 Å². The van der Waals surface area contributed by atoms with Crippen LogP contribution < -0.4 is 21.9 Å². The summed E-state index contributed by atoms with van der Waals surface area (Å²) in [5.74, 6) is 0. The number of rotatable bonds is 2. The van der Waals surface area contributed by atoms with Crippen LogP contribution in [0.15, 0.2) is 54.6 Å². The van der Waals surface area contributed by atoms with E-state index >= 15 is 0 Å². The molecule has 1 saturated heterocycles. The molecule has 0 saturated carbocycles. The van der Waals surface area contributed by atoms with E-state index in [9.17, 15) is 0 Å². The van der Waals surface area contributed by atoms with Gasteiger partial charge in [-0.15, -0.1) is 0 Å². The topological polar surface area (TPSA) is 23.4 Å². The zero-order chi connectivity index (χ0) is 22.1. The van der Waals surface area contributed by atoms with Gasteiger partial charge in [0, 0.05) is 22.0 Å². The molecule has 0 bridgehead atoms. The molecule has 1 aromatic heterocycles. The first-order valence-corrected chi connectivity index (χ1v) is 11.1. The summed E-state index contributed by atoms with van der Waals surface area (Å²) < 4.78 is 15.4. The Balaban J connectivity index is 1.87. The van der Waals surface area contributed by atoms with Gasteiger partial charge in [0.05, 0.1) is 16.7 Å². The zero-order valence-corrected chi connectivity index (χ0v) is 19.5. The predicted octanol–water partition coefficient (Wildman–Crippen LogP) is -0.142. The van der Waals surface area contributed by atoms with Gasteiger partial charge in [0.2, 0.25) is 0 Å². The highest BCUT2D eigenvalue weighted by atomic mass is 16.7. The quantitative estimate of drug-likeness (QED) is 0.434. The summed E-state index contributed by atoms with van der Waals surface area (Å²) in [6.07, 6.45) is 0. The fourth-order valence-electron chi connectivity index (χ4n) is 4.93. The number of fused-ring (bicyclic) bond motifs is 3. The van der Waals surface area contributed by atoms with Gasteiger partial charge in [-0.25, -0.2) is 0 Å². The Kier molecular flexibility index (Phi) is 4.52. The summed E-state index contributed by atoms with van der Waals surface area (Å²) in [6.45, 7) is 8.46. The maximum Gasteiger partial charge on any atom is 0.493 e. The van der Waals surface area contributed by atoms with Crippen LogP contribution in [0, 0.1) is 0 Å². The van der Waals surface area contributed by atoms with E-state index in [0.717, 1.165) is 0 Å². The SMILES string of the molecule is Bc1c(B2OC(C)(C)C(C)(C)O2)c(B)c2c3ccccc3n(-c3ccccc3)c2c1B. The Morgan fingerprint density at radius 3 is 1.97 bits per heavy atom. The van der Waals surface area contributed by atoms with E-state index in [4.69, 9.17) is 9.31 Å². The molecule has 0 spiro atoms. The molecular formula is C24H27B4NO2. The van der Waals surface area contributed by atoms with Crippen LogP contribution in [0.1, 0.15) is 27.7 Å². The molecule has 0 aliphatic carbocycles. The van der Waals surface area contributed by atoms with Crippen LogP contribution in [0.4, 0.5) is 0 Å². The van der Waals surface area contributed by atoms with Crippen molar-refractivity contribution in [3.05, 3.63) is 54.6 Å². The van der Waals surface area contributed by atoms with E-state index < -0.39 is 0 Å². The molecular weight excluding hydrogens is 378 g/mol. The molecule has 0 N–H and O–H groups in total. The van der Waals surface area contributed by atoms with E-state index in [1.165, 1.54) is 49.3 Å². The molecule has 0 unspecified atom stereocenters. The largest absolute Gasteiger partial charge is 0.493 e. The van der Waals surface area contributed by atoms with Crippen molar-refractivity contribution in [3.63, 3.8) is 0 Å². The summed E-state index contributed by atoms with van der Waals surface area (Å²) in [5.41, 5.74) is 7.85. The van der Waals surface area contributed by atoms with Gasteiger partial charge in [-0.05, 0) is 51.4 Å². The van der Waals surface area contributed by atoms with E-state index in [1.807, 2.05) is 0 Å². The van der Waals surface area contributed by atoms with Crippen molar-refractivity contribution in [1.29, 1.82) is 0 Å². The normalized spacial score (nSPS) is 17.6. The molecule has 3 nitrogen and oxygen atoms in total. The minimum Gasteiger partial charge on any atom is -0.399 e. The molecule has 7 heteroatoms. The molecule has 1 fully saturated rings. The van der Waals surface area contributed by atoms with Crippen molar-refractivity contribution in [1.82, 2.24) is 4.57 Å². The fraction of sp³-hybridized carbons (Fsp3) is 0.250. The smallest absolute Gasteiger partial charge is 0.399 e. The standard InChI is InChI=1S/C24H27B4NO2/c1-23(2)24(3,4)31-28(30-23)21-18(25)17-15-12-8-9-13-16(15)29(14-10-6-5-7-11-14)22(17)20(27)19(21)26/h5-13H,25-27H2,1-4H3. The third-order valence-corrected chi connectivity index (χ3v) is 7.48. The lowest BCUT2D eigenvalue weighted by Crippen LogP contribution is -2.57. The minimum absolute atomic E-state index is 0.364. The number of benzene rings is 3. The maximum absolute atomic E-state index is 6.49. The van der Waals surface area contributed by atoms with Crippen LogP contribution in [-0.4, -0.2) is 46.4 Å². The van der Waals surface area contributed by atoms with Crippen LogP contribution in [0.3, 0.4) is 0 Å². The van der Waals surface area contributed by atoms with Crippen LogP contribution in [0.5, 0.6) is 0 Å². The van der Waals surface area contributed by atoms with Crippen molar-refractivity contribution in [3.8, 4) is 5.69 Å². The molecule has 0 amide bonds. The second-order valence-corrected chi connectivity index (χ2v) is 9.79. The molecule has 152 valence electrons. The Morgan fingerprint density at radius 1 is 0.742 bits per heavy atom. The van der Waals surface area contributed by atoms with Crippen LogP contribution in [-0.2, 0) is 9.31 Å². The number of nitrogens with zero attached hydrogens (tertiary/aromatic N) is 1. The number of para-hydroxylation sites is 2. The molecule has 2 heterocycles. The number of hydrogen-bond acceptors (Lipinski definition) is 2. The van der Waals surface area contributed by atoms with Gasteiger partial charge in [-0.2, -0.15) is 0 Å². The predicted molar refractivity (Wildman–Crippen MR) is 141 cm³/mol. The maximum atomic E-state index is 6.49. The second kappa shape index (κ2) is 6.82. The molecule has 5 rings (SSSR count). The molecule has 4 aromatic rings. The van der Waals surface area contributed by atoms with E-state index in [-0.39, 0.29) is 18.3 Å². The molecule has 3 aromatic carbocycles. The van der Waals surface area contributed by atoms with Gasteiger partial charge in [0.1, 0.15) is 23.5 Å². The van der Waals surface area contributed by atoms with Gasteiger partial charge < -0.3 is 13.9 Å². The first-order valence-electron chi connectivity index (χ1n) is 11.1. The molecule has 1 aliphatic heterocycles. The lowest BCUT2D eigenvalue weighted by molar-refractivity contribution is 0.00578. The van der Waals surface area contributed by atoms with Crippen molar-refractivity contribution >= 4 is 74.3 Å². The Hall–Kier alpha value is -2.36. The van der Waals surface area contributed by atoms with E-state index in [0.29, 0.717) is 0 Å². The van der Waals surface area contributed by atoms with Crippen LogP contribution >= 0.6 is 0 Å². The van der Waals surface area contributed by atoms with Crippen molar-refractivity contribution in [2.75, 3.05) is 0 Å². The average Bonchev–Trinajstić information content (AvgIpc) is 3.18. The highest BCUT2D eigenvalue weighted by Crippen LogP contribution is 2.36. The average molecular weight is 405 g/mol. The second-order valence-electron chi connectivity index (χ2n) is 9.79. The summed E-state index contributed by atoms with van der Waals surface area (Å²) >= 11 is 0.